The van der Waals surface area contributed by atoms with Crippen LogP contribution in [0.5, 0.6) is 5.75 Å². The summed E-state index contributed by atoms with van der Waals surface area (Å²) in [6.45, 7) is 0.254. The monoisotopic (exact) mass is 325 g/mol. The lowest BCUT2D eigenvalue weighted by molar-refractivity contribution is 0.283. The third-order valence-corrected chi connectivity index (χ3v) is 3.51. The molecule has 0 aromatic heterocycles. The van der Waals surface area contributed by atoms with Gasteiger partial charge in [-0.05, 0) is 36.4 Å². The lowest BCUT2D eigenvalue weighted by Crippen LogP contribution is -2.24. The second-order valence-corrected chi connectivity index (χ2v) is 5.23. The van der Waals surface area contributed by atoms with Gasteiger partial charge in [-0.25, -0.2) is 8.78 Å². The molecule has 19 heavy (non-hydrogen) atoms. The predicted molar refractivity (Wildman–Crippen MR) is 72.4 cm³/mol. The van der Waals surface area contributed by atoms with E-state index >= 15 is 0 Å². The molecule has 0 amide bonds. The van der Waals surface area contributed by atoms with Crippen LogP contribution in [0.25, 0.3) is 0 Å². The first-order valence-corrected chi connectivity index (χ1v) is 6.56. The van der Waals surface area contributed by atoms with Crippen molar-refractivity contribution in [3.63, 3.8) is 0 Å². The van der Waals surface area contributed by atoms with Gasteiger partial charge in [-0.1, -0.05) is 15.9 Å². The molecule has 1 heterocycles. The molecule has 1 aliphatic heterocycles. The van der Waals surface area contributed by atoms with Crippen LogP contribution in [0.15, 0.2) is 40.9 Å². The molecule has 1 aliphatic rings. The highest BCUT2D eigenvalue weighted by Crippen LogP contribution is 2.36. The van der Waals surface area contributed by atoms with Crippen LogP contribution in [0.1, 0.15) is 11.6 Å². The van der Waals surface area contributed by atoms with E-state index in [1.807, 2.05) is 18.2 Å². The molecule has 2 aromatic rings. The molecule has 3 rings (SSSR count). The summed E-state index contributed by atoms with van der Waals surface area (Å²) in [6.07, 6.45) is 0. The number of halogens is 3. The minimum Gasteiger partial charge on any atom is -0.489 e. The molecule has 0 spiro atoms. The van der Waals surface area contributed by atoms with Crippen molar-refractivity contribution in [3.05, 3.63) is 58.1 Å². The van der Waals surface area contributed by atoms with Gasteiger partial charge in [0.1, 0.15) is 24.0 Å². The molecule has 0 aliphatic carbocycles. The highest BCUT2D eigenvalue weighted by molar-refractivity contribution is 9.10. The molecule has 1 N–H and O–H groups in total. The first-order chi connectivity index (χ1) is 9.13. The van der Waals surface area contributed by atoms with Gasteiger partial charge in [0.2, 0.25) is 0 Å². The molecule has 98 valence electrons. The van der Waals surface area contributed by atoms with E-state index in [0.29, 0.717) is 5.75 Å². The Bertz CT molecular complexity index is 633. The van der Waals surface area contributed by atoms with E-state index in [0.717, 1.165) is 22.3 Å². The minimum absolute atomic E-state index is 0.254. The predicted octanol–water partition coefficient (Wildman–Crippen LogP) is 4.27. The summed E-state index contributed by atoms with van der Waals surface area (Å²) >= 11 is 3.35. The molecule has 0 saturated heterocycles. The van der Waals surface area contributed by atoms with Gasteiger partial charge in [-0.3, -0.25) is 0 Å². The van der Waals surface area contributed by atoms with E-state index in [1.165, 1.54) is 6.07 Å². The summed E-state index contributed by atoms with van der Waals surface area (Å²) in [7, 11) is 0. The summed E-state index contributed by atoms with van der Waals surface area (Å²) in [5.74, 6) is -0.203. The number of rotatable bonds is 1. The molecule has 0 radical (unpaired) electrons. The number of anilines is 1. The Labute approximate surface area is 117 Å². The van der Waals surface area contributed by atoms with Crippen molar-refractivity contribution in [1.82, 2.24) is 0 Å². The van der Waals surface area contributed by atoms with Crippen LogP contribution in [0.3, 0.4) is 0 Å². The average molecular weight is 326 g/mol. The van der Waals surface area contributed by atoms with Crippen molar-refractivity contribution in [2.75, 3.05) is 11.9 Å². The number of ether oxygens (including phenoxy) is 1. The number of fused-ring (bicyclic) bond motifs is 1. The molecule has 2 aromatic carbocycles. The topological polar surface area (TPSA) is 21.3 Å². The zero-order valence-corrected chi connectivity index (χ0v) is 11.4. The lowest BCUT2D eigenvalue weighted by Gasteiger charge is -2.28. The van der Waals surface area contributed by atoms with Crippen molar-refractivity contribution in [2.45, 2.75) is 6.04 Å². The maximum Gasteiger partial charge on any atom is 0.143 e. The Morgan fingerprint density at radius 1 is 1.16 bits per heavy atom. The van der Waals surface area contributed by atoms with E-state index < -0.39 is 17.7 Å². The summed E-state index contributed by atoms with van der Waals surface area (Å²) in [5, 5.41) is 3.16. The zero-order chi connectivity index (χ0) is 13.4. The van der Waals surface area contributed by atoms with Gasteiger partial charge in [-0.2, -0.15) is 0 Å². The number of nitrogens with one attached hydrogen (secondary N) is 1. The van der Waals surface area contributed by atoms with Gasteiger partial charge in [0, 0.05) is 10.0 Å². The fraction of sp³-hybridized carbons (Fsp3) is 0.143. The molecule has 1 unspecified atom stereocenters. The number of benzene rings is 2. The van der Waals surface area contributed by atoms with Crippen molar-refractivity contribution in [3.8, 4) is 5.75 Å². The van der Waals surface area contributed by atoms with E-state index in [-0.39, 0.29) is 12.2 Å². The van der Waals surface area contributed by atoms with Crippen LogP contribution in [0.4, 0.5) is 14.5 Å². The van der Waals surface area contributed by atoms with Gasteiger partial charge >= 0.3 is 0 Å². The Morgan fingerprint density at radius 3 is 2.84 bits per heavy atom. The second kappa shape index (κ2) is 4.81. The fourth-order valence-corrected chi connectivity index (χ4v) is 2.43. The molecule has 0 saturated carbocycles. The van der Waals surface area contributed by atoms with Crippen LogP contribution in [-0.2, 0) is 0 Å². The Balaban J connectivity index is 1.93. The summed E-state index contributed by atoms with van der Waals surface area (Å²) in [5.41, 5.74) is 1.04. The van der Waals surface area contributed by atoms with Gasteiger partial charge in [0.15, 0.2) is 0 Å². The quantitative estimate of drug-likeness (QED) is 0.845. The first kappa shape index (κ1) is 12.4. The minimum atomic E-state index is -0.459. The first-order valence-electron chi connectivity index (χ1n) is 5.77. The molecule has 5 heteroatoms. The maximum atomic E-state index is 13.7. The average Bonchev–Trinajstić information content (AvgIpc) is 2.41. The normalized spacial score (nSPS) is 17.3. The van der Waals surface area contributed by atoms with Crippen LogP contribution in [-0.4, -0.2) is 6.61 Å². The summed E-state index contributed by atoms with van der Waals surface area (Å²) < 4.78 is 33.4. The van der Waals surface area contributed by atoms with Crippen LogP contribution < -0.4 is 10.1 Å². The van der Waals surface area contributed by atoms with Crippen molar-refractivity contribution < 1.29 is 13.5 Å². The highest BCUT2D eigenvalue weighted by atomic mass is 79.9. The molecule has 0 fully saturated rings. The van der Waals surface area contributed by atoms with Gasteiger partial charge in [0.25, 0.3) is 0 Å². The second-order valence-electron chi connectivity index (χ2n) is 4.31. The Kier molecular flexibility index (Phi) is 3.14. The largest absolute Gasteiger partial charge is 0.489 e. The third-order valence-electron chi connectivity index (χ3n) is 3.01. The smallest absolute Gasteiger partial charge is 0.143 e. The van der Waals surface area contributed by atoms with Gasteiger partial charge < -0.3 is 10.1 Å². The molecular formula is C14H10BrF2NO. The summed E-state index contributed by atoms with van der Waals surface area (Å²) in [6, 6.07) is 8.56. The molecule has 2 nitrogen and oxygen atoms in total. The third kappa shape index (κ3) is 2.42. The summed E-state index contributed by atoms with van der Waals surface area (Å²) in [4.78, 5) is 0. The Morgan fingerprint density at radius 2 is 2.00 bits per heavy atom. The number of hydrogen-bond acceptors (Lipinski definition) is 2. The molecule has 1 atom stereocenters. The standard InChI is InChI=1S/C14H10BrF2NO/c15-8-1-4-12-14(5-8)19-7-13(18-12)10-6-9(16)2-3-11(10)17/h1-6,13,18H,7H2. The van der Waals surface area contributed by atoms with E-state index in [1.54, 1.807) is 0 Å². The Hall–Kier alpha value is -1.62. The van der Waals surface area contributed by atoms with Crippen LogP contribution >= 0.6 is 15.9 Å². The van der Waals surface area contributed by atoms with E-state index in [2.05, 4.69) is 21.2 Å². The van der Waals surface area contributed by atoms with E-state index in [9.17, 15) is 8.78 Å². The fourth-order valence-electron chi connectivity index (χ4n) is 2.09. The number of hydrogen-bond donors (Lipinski definition) is 1. The lowest BCUT2D eigenvalue weighted by atomic mass is 10.0. The highest BCUT2D eigenvalue weighted by Gasteiger charge is 2.23. The van der Waals surface area contributed by atoms with Gasteiger partial charge in [0.05, 0.1) is 11.7 Å². The van der Waals surface area contributed by atoms with Crippen molar-refractivity contribution in [1.29, 1.82) is 0 Å². The van der Waals surface area contributed by atoms with E-state index in [4.69, 9.17) is 4.74 Å². The van der Waals surface area contributed by atoms with Crippen LogP contribution in [0.2, 0.25) is 0 Å². The molecular weight excluding hydrogens is 316 g/mol. The zero-order valence-electron chi connectivity index (χ0n) is 9.79. The van der Waals surface area contributed by atoms with Crippen molar-refractivity contribution in [2.24, 2.45) is 0 Å². The van der Waals surface area contributed by atoms with Crippen molar-refractivity contribution >= 4 is 21.6 Å². The molecule has 0 bridgehead atoms. The maximum absolute atomic E-state index is 13.7. The van der Waals surface area contributed by atoms with Crippen LogP contribution in [0, 0.1) is 11.6 Å². The van der Waals surface area contributed by atoms with Gasteiger partial charge in [-0.15, -0.1) is 0 Å². The SMILES string of the molecule is Fc1ccc(F)c(C2COc3cc(Br)ccc3N2)c1.